The van der Waals surface area contributed by atoms with E-state index in [1.165, 1.54) is 18.5 Å². The molecule has 0 radical (unpaired) electrons. The van der Waals surface area contributed by atoms with E-state index >= 15 is 0 Å². The minimum Gasteiger partial charge on any atom is -0.389 e. The summed E-state index contributed by atoms with van der Waals surface area (Å²) in [6, 6.07) is 6.05. The number of imidazole rings is 1. The van der Waals surface area contributed by atoms with Crippen molar-refractivity contribution in [1.82, 2.24) is 14.7 Å². The number of nitrogens with zero attached hydrogens (tertiary/aromatic N) is 2. The summed E-state index contributed by atoms with van der Waals surface area (Å²) >= 11 is 0. The van der Waals surface area contributed by atoms with Gasteiger partial charge >= 0.3 is 0 Å². The lowest BCUT2D eigenvalue weighted by molar-refractivity contribution is 0.0249. The van der Waals surface area contributed by atoms with Gasteiger partial charge in [-0.05, 0) is 31.9 Å². The zero-order valence-corrected chi connectivity index (χ0v) is 12.8. The van der Waals surface area contributed by atoms with Crippen molar-refractivity contribution in [1.29, 1.82) is 0 Å². The highest BCUT2D eigenvalue weighted by Crippen LogP contribution is 2.26. The maximum absolute atomic E-state index is 10.7. The van der Waals surface area contributed by atoms with Crippen LogP contribution in [0.1, 0.15) is 49.9 Å². The molecule has 0 amide bonds. The topological polar surface area (TPSA) is 49.6 Å². The molecule has 4 heteroatoms. The Labute approximate surface area is 126 Å². The minimum absolute atomic E-state index is 0.523. The van der Waals surface area contributed by atoms with Gasteiger partial charge in [0.2, 0.25) is 0 Å². The van der Waals surface area contributed by atoms with Crippen molar-refractivity contribution in [2.45, 2.75) is 57.6 Å². The van der Waals surface area contributed by atoms with Gasteiger partial charge in [-0.25, -0.2) is 4.98 Å². The predicted molar refractivity (Wildman–Crippen MR) is 84.3 cm³/mol. The first-order valence-corrected chi connectivity index (χ1v) is 8.04. The summed E-state index contributed by atoms with van der Waals surface area (Å²) in [5.74, 6) is 0. The summed E-state index contributed by atoms with van der Waals surface area (Å²) in [4.78, 5) is 4.57. The number of rotatable bonds is 4. The lowest BCUT2D eigenvalue weighted by Crippen LogP contribution is -2.40. The second-order valence-electron chi connectivity index (χ2n) is 6.31. The average molecular weight is 287 g/mol. The molecule has 3 rings (SSSR count). The van der Waals surface area contributed by atoms with Gasteiger partial charge in [-0.3, -0.25) is 0 Å². The van der Waals surface area contributed by atoms with E-state index in [0.717, 1.165) is 43.6 Å². The molecule has 2 heterocycles. The maximum atomic E-state index is 10.7. The van der Waals surface area contributed by atoms with Gasteiger partial charge < -0.3 is 14.8 Å². The Bertz CT molecular complexity index is 597. The Kier molecular flexibility index (Phi) is 4.27. The van der Waals surface area contributed by atoms with Crippen LogP contribution in [0.25, 0.3) is 5.65 Å². The summed E-state index contributed by atoms with van der Waals surface area (Å²) in [6.07, 6.45) is 8.70. The molecule has 4 nitrogen and oxygen atoms in total. The summed E-state index contributed by atoms with van der Waals surface area (Å²) in [5.41, 5.74) is 2.70. The van der Waals surface area contributed by atoms with Gasteiger partial charge in [0.1, 0.15) is 5.65 Å². The van der Waals surface area contributed by atoms with Crippen LogP contribution in [0.3, 0.4) is 0 Å². The van der Waals surface area contributed by atoms with Crippen LogP contribution in [0.15, 0.2) is 24.4 Å². The van der Waals surface area contributed by atoms with E-state index in [1.807, 2.05) is 31.3 Å². The van der Waals surface area contributed by atoms with Crippen molar-refractivity contribution in [3.8, 4) is 0 Å². The first-order chi connectivity index (χ1) is 10.2. The van der Waals surface area contributed by atoms with E-state index in [1.54, 1.807) is 0 Å². The Morgan fingerprint density at radius 2 is 2.00 bits per heavy atom. The van der Waals surface area contributed by atoms with Crippen LogP contribution >= 0.6 is 0 Å². The van der Waals surface area contributed by atoms with E-state index in [2.05, 4.69) is 14.7 Å². The molecule has 0 atom stereocenters. The fraction of sp³-hybridized carbons (Fsp3) is 0.588. The van der Waals surface area contributed by atoms with Gasteiger partial charge in [0.15, 0.2) is 0 Å². The van der Waals surface area contributed by atoms with Crippen molar-refractivity contribution < 1.29 is 5.11 Å². The fourth-order valence-corrected chi connectivity index (χ4v) is 3.35. The van der Waals surface area contributed by atoms with Crippen molar-refractivity contribution in [3.63, 3.8) is 0 Å². The van der Waals surface area contributed by atoms with Crippen LogP contribution in [-0.2, 0) is 6.54 Å². The molecule has 1 aliphatic carbocycles. The number of hydrogen-bond acceptors (Lipinski definition) is 3. The first-order valence-electron chi connectivity index (χ1n) is 8.04. The monoisotopic (exact) mass is 287 g/mol. The second-order valence-corrected chi connectivity index (χ2v) is 6.31. The van der Waals surface area contributed by atoms with Gasteiger partial charge in [0.05, 0.1) is 17.0 Å². The number of aromatic nitrogens is 2. The van der Waals surface area contributed by atoms with E-state index < -0.39 is 5.60 Å². The average Bonchev–Trinajstić information content (AvgIpc) is 2.64. The first kappa shape index (κ1) is 14.5. The van der Waals surface area contributed by atoms with Crippen LogP contribution in [0.2, 0.25) is 0 Å². The van der Waals surface area contributed by atoms with Gasteiger partial charge in [-0.1, -0.05) is 31.7 Å². The van der Waals surface area contributed by atoms with Crippen molar-refractivity contribution in [2.24, 2.45) is 0 Å². The molecule has 1 fully saturated rings. The lowest BCUT2D eigenvalue weighted by Gasteiger charge is -2.27. The molecule has 1 aliphatic rings. The molecule has 0 aromatic carbocycles. The molecule has 21 heavy (non-hydrogen) atoms. The van der Waals surface area contributed by atoms with Crippen LogP contribution in [-0.4, -0.2) is 26.6 Å². The quantitative estimate of drug-likeness (QED) is 0.850. The standard InChI is InChI=1S/C17H25N3O/c1-14-15(20-11-7-4-8-16(20)19-14)12-18-13-17(21)9-5-2-3-6-10-17/h4,7-8,11,18,21H,2-3,5-6,9-10,12-13H2,1H3. The molecule has 0 spiro atoms. The van der Waals surface area contributed by atoms with Crippen molar-refractivity contribution >= 4 is 5.65 Å². The molecule has 0 saturated heterocycles. The van der Waals surface area contributed by atoms with Crippen LogP contribution in [0.4, 0.5) is 0 Å². The SMILES string of the molecule is Cc1nc2ccccn2c1CNCC1(O)CCCCCC1. The number of hydrogen-bond donors (Lipinski definition) is 2. The smallest absolute Gasteiger partial charge is 0.137 e. The van der Waals surface area contributed by atoms with Crippen LogP contribution in [0, 0.1) is 6.92 Å². The molecule has 2 aromatic heterocycles. The number of aryl methyl sites for hydroxylation is 1. The van der Waals surface area contributed by atoms with Crippen molar-refractivity contribution in [3.05, 3.63) is 35.8 Å². The van der Waals surface area contributed by atoms with E-state index in [4.69, 9.17) is 0 Å². The Balaban J connectivity index is 1.65. The third-order valence-electron chi connectivity index (χ3n) is 4.61. The van der Waals surface area contributed by atoms with E-state index in [0.29, 0.717) is 6.54 Å². The van der Waals surface area contributed by atoms with Crippen LogP contribution in [0.5, 0.6) is 0 Å². The molecule has 0 aliphatic heterocycles. The lowest BCUT2D eigenvalue weighted by atomic mass is 9.94. The third-order valence-corrected chi connectivity index (χ3v) is 4.61. The maximum Gasteiger partial charge on any atom is 0.137 e. The largest absolute Gasteiger partial charge is 0.389 e. The summed E-state index contributed by atoms with van der Waals surface area (Å²) in [6.45, 7) is 3.47. The molecule has 114 valence electrons. The Hall–Kier alpha value is -1.39. The Morgan fingerprint density at radius 1 is 1.24 bits per heavy atom. The molecule has 1 saturated carbocycles. The predicted octanol–water partition coefficient (Wildman–Crippen LogP) is 2.82. The van der Waals surface area contributed by atoms with E-state index in [-0.39, 0.29) is 0 Å². The molecular weight excluding hydrogens is 262 g/mol. The molecule has 2 N–H and O–H groups in total. The number of aliphatic hydroxyl groups is 1. The third kappa shape index (κ3) is 3.27. The highest BCUT2D eigenvalue weighted by Gasteiger charge is 2.27. The molecule has 2 aromatic rings. The van der Waals surface area contributed by atoms with Gasteiger partial charge in [-0.2, -0.15) is 0 Å². The zero-order chi connectivity index (χ0) is 14.7. The molecule has 0 bridgehead atoms. The second kappa shape index (κ2) is 6.16. The Morgan fingerprint density at radius 3 is 2.76 bits per heavy atom. The summed E-state index contributed by atoms with van der Waals surface area (Å²) < 4.78 is 2.12. The zero-order valence-electron chi connectivity index (χ0n) is 12.8. The normalized spacial score (nSPS) is 18.8. The number of fused-ring (bicyclic) bond motifs is 1. The summed E-state index contributed by atoms with van der Waals surface area (Å²) in [7, 11) is 0. The fourth-order valence-electron chi connectivity index (χ4n) is 3.35. The summed E-state index contributed by atoms with van der Waals surface area (Å²) in [5, 5.41) is 14.1. The minimum atomic E-state index is -0.523. The highest BCUT2D eigenvalue weighted by atomic mass is 16.3. The highest BCUT2D eigenvalue weighted by molar-refractivity contribution is 5.42. The van der Waals surface area contributed by atoms with Gasteiger partial charge in [0.25, 0.3) is 0 Å². The molecule has 0 unspecified atom stereocenters. The van der Waals surface area contributed by atoms with Crippen molar-refractivity contribution in [2.75, 3.05) is 6.54 Å². The molecular formula is C17H25N3O. The van der Waals surface area contributed by atoms with Gasteiger partial charge in [-0.15, -0.1) is 0 Å². The van der Waals surface area contributed by atoms with E-state index in [9.17, 15) is 5.11 Å². The number of nitrogens with one attached hydrogen (secondary N) is 1. The number of pyridine rings is 1. The van der Waals surface area contributed by atoms with Gasteiger partial charge in [0, 0.05) is 19.3 Å². The van der Waals surface area contributed by atoms with Crippen LogP contribution < -0.4 is 5.32 Å².